The lowest BCUT2D eigenvalue weighted by Crippen LogP contribution is -2.39. The van der Waals surface area contributed by atoms with E-state index >= 15 is 0 Å². The van der Waals surface area contributed by atoms with Crippen molar-refractivity contribution in [2.24, 2.45) is 0 Å². The van der Waals surface area contributed by atoms with Crippen LogP contribution >= 0.6 is 11.3 Å². The van der Waals surface area contributed by atoms with Crippen molar-refractivity contribution in [3.63, 3.8) is 0 Å². The van der Waals surface area contributed by atoms with Gasteiger partial charge in [0.2, 0.25) is 5.91 Å². The number of nitrogens with zero attached hydrogens (tertiary/aromatic N) is 2. The first-order chi connectivity index (χ1) is 12.1. The molecule has 1 fully saturated rings. The Kier molecular flexibility index (Phi) is 5.71. The van der Waals surface area contributed by atoms with E-state index < -0.39 is 0 Å². The molecule has 1 N–H and O–H groups in total. The van der Waals surface area contributed by atoms with Gasteiger partial charge < -0.3 is 10.1 Å². The molecule has 1 atom stereocenters. The number of nitrogens with one attached hydrogen (secondary N) is 1. The Morgan fingerprint density at radius 1 is 1.40 bits per heavy atom. The van der Waals surface area contributed by atoms with E-state index in [4.69, 9.17) is 9.72 Å². The Hall–Kier alpha value is -1.92. The van der Waals surface area contributed by atoms with Crippen LogP contribution in [-0.2, 0) is 11.3 Å². The van der Waals surface area contributed by atoms with Gasteiger partial charge in [-0.2, -0.15) is 0 Å². The summed E-state index contributed by atoms with van der Waals surface area (Å²) in [6.07, 6.45) is 1.94. The van der Waals surface area contributed by atoms with E-state index in [9.17, 15) is 4.79 Å². The summed E-state index contributed by atoms with van der Waals surface area (Å²) < 4.78 is 5.15. The smallest absolute Gasteiger partial charge is 0.241 e. The lowest BCUT2D eigenvalue weighted by atomic mass is 10.2. The molecule has 5 nitrogen and oxygen atoms in total. The van der Waals surface area contributed by atoms with Crippen LogP contribution in [0.3, 0.4) is 0 Å². The zero-order valence-electron chi connectivity index (χ0n) is 15.0. The van der Waals surface area contributed by atoms with Crippen LogP contribution in [0.25, 0.3) is 0 Å². The molecule has 6 heteroatoms. The second kappa shape index (κ2) is 7.97. The van der Waals surface area contributed by atoms with E-state index in [0.29, 0.717) is 5.92 Å². The summed E-state index contributed by atoms with van der Waals surface area (Å²) >= 11 is 1.71. The van der Waals surface area contributed by atoms with Crippen molar-refractivity contribution in [1.82, 2.24) is 9.88 Å². The number of thiazole rings is 1. The maximum absolute atomic E-state index is 12.7. The number of anilines is 1. The molecule has 1 aromatic carbocycles. The number of aromatic nitrogens is 1. The minimum Gasteiger partial charge on any atom is -0.497 e. The van der Waals surface area contributed by atoms with E-state index in [1.807, 2.05) is 24.3 Å². The minimum atomic E-state index is -0.0914. The first kappa shape index (κ1) is 17.9. The highest BCUT2D eigenvalue weighted by atomic mass is 32.1. The van der Waals surface area contributed by atoms with Crippen LogP contribution < -0.4 is 10.1 Å². The van der Waals surface area contributed by atoms with Crippen molar-refractivity contribution in [1.29, 1.82) is 0 Å². The molecule has 0 spiro atoms. The Balaban J connectivity index is 1.62. The third-order valence-corrected chi connectivity index (χ3v) is 5.65. The summed E-state index contributed by atoms with van der Waals surface area (Å²) in [6, 6.07) is 7.35. The highest BCUT2D eigenvalue weighted by molar-refractivity contribution is 7.09. The second-order valence-corrected chi connectivity index (χ2v) is 7.57. The van der Waals surface area contributed by atoms with Gasteiger partial charge in [0.1, 0.15) is 5.75 Å². The number of rotatable bonds is 6. The van der Waals surface area contributed by atoms with Gasteiger partial charge in [-0.15, -0.1) is 11.3 Å². The van der Waals surface area contributed by atoms with Crippen LogP contribution in [0.15, 0.2) is 29.6 Å². The van der Waals surface area contributed by atoms with Gasteiger partial charge in [0.25, 0.3) is 0 Å². The quantitative estimate of drug-likeness (QED) is 0.850. The molecule has 1 aliphatic heterocycles. The molecule has 0 aliphatic carbocycles. The molecule has 1 unspecified atom stereocenters. The first-order valence-electron chi connectivity index (χ1n) is 8.70. The van der Waals surface area contributed by atoms with E-state index in [1.165, 1.54) is 0 Å². The van der Waals surface area contributed by atoms with E-state index in [0.717, 1.165) is 48.1 Å². The van der Waals surface area contributed by atoms with Gasteiger partial charge in [0, 0.05) is 23.5 Å². The summed E-state index contributed by atoms with van der Waals surface area (Å²) in [5.41, 5.74) is 1.87. The molecule has 1 saturated heterocycles. The average Bonchev–Trinajstić information content (AvgIpc) is 3.25. The van der Waals surface area contributed by atoms with Gasteiger partial charge in [-0.1, -0.05) is 13.8 Å². The maximum atomic E-state index is 12.7. The Bertz CT molecular complexity index is 712. The molecule has 1 aromatic heterocycles. The highest BCUT2D eigenvalue weighted by Crippen LogP contribution is 2.25. The predicted octanol–water partition coefficient (Wildman–Crippen LogP) is 3.88. The number of hydrogen-bond acceptors (Lipinski definition) is 5. The van der Waals surface area contributed by atoms with E-state index in [-0.39, 0.29) is 11.9 Å². The van der Waals surface area contributed by atoms with Crippen molar-refractivity contribution in [2.45, 2.75) is 45.2 Å². The lowest BCUT2D eigenvalue weighted by Gasteiger charge is -2.22. The fourth-order valence-electron chi connectivity index (χ4n) is 3.08. The van der Waals surface area contributed by atoms with Crippen LogP contribution in [0.5, 0.6) is 5.75 Å². The maximum Gasteiger partial charge on any atom is 0.241 e. The molecule has 1 amide bonds. The summed E-state index contributed by atoms with van der Waals surface area (Å²) in [7, 11) is 1.63. The van der Waals surface area contributed by atoms with Crippen LogP contribution in [0.2, 0.25) is 0 Å². The Morgan fingerprint density at radius 3 is 2.80 bits per heavy atom. The monoisotopic (exact) mass is 359 g/mol. The van der Waals surface area contributed by atoms with Gasteiger partial charge in [0.15, 0.2) is 0 Å². The first-order valence-corrected chi connectivity index (χ1v) is 9.58. The molecule has 25 heavy (non-hydrogen) atoms. The molecule has 1 aliphatic rings. The summed E-state index contributed by atoms with van der Waals surface area (Å²) in [5.74, 6) is 1.29. The standard InChI is InChI=1S/C19H25N3O2S/c1-13(2)19-21-15(12-25-19)11-22-10-4-5-17(22)18(23)20-14-6-8-16(24-3)9-7-14/h6-9,12-13,17H,4-5,10-11H2,1-3H3,(H,20,23). The van der Waals surface area contributed by atoms with Gasteiger partial charge in [0.05, 0.1) is 23.9 Å². The number of hydrogen-bond donors (Lipinski definition) is 1. The SMILES string of the molecule is COc1ccc(NC(=O)C2CCCN2Cc2csc(C(C)C)n2)cc1. The molecule has 2 aromatic rings. The van der Waals surface area contributed by atoms with Crippen LogP contribution in [0.1, 0.15) is 43.3 Å². The number of amides is 1. The molecular formula is C19H25N3O2S. The highest BCUT2D eigenvalue weighted by Gasteiger charge is 2.31. The van der Waals surface area contributed by atoms with E-state index in [2.05, 4.69) is 29.4 Å². The molecule has 0 saturated carbocycles. The van der Waals surface area contributed by atoms with Crippen LogP contribution in [0.4, 0.5) is 5.69 Å². The van der Waals surface area contributed by atoms with Crippen LogP contribution in [-0.4, -0.2) is 35.5 Å². The number of carbonyl (C=O) groups excluding carboxylic acids is 1. The zero-order chi connectivity index (χ0) is 17.8. The second-order valence-electron chi connectivity index (χ2n) is 6.68. The molecular weight excluding hydrogens is 334 g/mol. The predicted molar refractivity (Wildman–Crippen MR) is 101 cm³/mol. The molecule has 0 bridgehead atoms. The largest absolute Gasteiger partial charge is 0.497 e. The number of ether oxygens (including phenoxy) is 1. The lowest BCUT2D eigenvalue weighted by molar-refractivity contribution is -0.120. The summed E-state index contributed by atoms with van der Waals surface area (Å²) in [6.45, 7) is 5.99. The van der Waals surface area contributed by atoms with Gasteiger partial charge in [-0.3, -0.25) is 9.69 Å². The number of benzene rings is 1. The molecule has 0 radical (unpaired) electrons. The molecule has 134 valence electrons. The third-order valence-electron chi connectivity index (χ3n) is 4.45. The molecule has 2 heterocycles. The van der Waals surface area contributed by atoms with Gasteiger partial charge >= 0.3 is 0 Å². The third kappa shape index (κ3) is 4.38. The average molecular weight is 359 g/mol. The van der Waals surface area contributed by atoms with Gasteiger partial charge in [-0.25, -0.2) is 4.98 Å². The summed E-state index contributed by atoms with van der Waals surface area (Å²) in [5, 5.41) is 6.30. The molecule has 3 rings (SSSR count). The van der Waals surface area contributed by atoms with Crippen molar-refractivity contribution in [3.05, 3.63) is 40.3 Å². The van der Waals surface area contributed by atoms with Crippen LogP contribution in [0, 0.1) is 0 Å². The van der Waals surface area contributed by atoms with Gasteiger partial charge in [-0.05, 0) is 43.7 Å². The number of methoxy groups -OCH3 is 1. The van der Waals surface area contributed by atoms with Crippen molar-refractivity contribution in [3.8, 4) is 5.75 Å². The van der Waals surface area contributed by atoms with Crippen molar-refractivity contribution in [2.75, 3.05) is 19.0 Å². The minimum absolute atomic E-state index is 0.0574. The zero-order valence-corrected chi connectivity index (χ0v) is 15.8. The van der Waals surface area contributed by atoms with E-state index in [1.54, 1.807) is 18.4 Å². The van der Waals surface area contributed by atoms with Crippen molar-refractivity contribution < 1.29 is 9.53 Å². The Morgan fingerprint density at radius 2 is 2.16 bits per heavy atom. The fourth-order valence-corrected chi connectivity index (χ4v) is 3.91. The number of carbonyl (C=O) groups is 1. The number of likely N-dealkylation sites (tertiary alicyclic amines) is 1. The fraction of sp³-hybridized carbons (Fsp3) is 0.474. The summed E-state index contributed by atoms with van der Waals surface area (Å²) in [4.78, 5) is 19.6. The van der Waals surface area contributed by atoms with Crippen molar-refractivity contribution >= 4 is 22.9 Å². The normalized spacial score (nSPS) is 17.8. The Labute approximate surface area is 153 Å². The topological polar surface area (TPSA) is 54.5 Å².